The lowest BCUT2D eigenvalue weighted by Crippen LogP contribution is -2.49. The van der Waals surface area contributed by atoms with Crippen LogP contribution in [0.4, 0.5) is 9.18 Å². The number of aryl methyl sites for hydroxylation is 2. The molecule has 12 nitrogen and oxygen atoms in total. The molecule has 4 rings (SSSR count). The normalized spacial score (nSPS) is 14.8. The Bertz CT molecular complexity index is 1600. The van der Waals surface area contributed by atoms with Gasteiger partial charge in [-0.3, -0.25) is 14.1 Å². The maximum absolute atomic E-state index is 13.8. The molecule has 242 valence electrons. The first-order valence-corrected chi connectivity index (χ1v) is 16.5. The quantitative estimate of drug-likeness (QED) is 0.261. The van der Waals surface area contributed by atoms with Gasteiger partial charge in [0.05, 0.1) is 35.4 Å². The lowest BCUT2D eigenvalue weighted by atomic mass is 10.1. The first-order chi connectivity index (χ1) is 21.1. The van der Waals surface area contributed by atoms with Crippen LogP contribution in [-0.2, 0) is 32.5 Å². The predicted octanol–water partition coefficient (Wildman–Crippen LogP) is 3.97. The summed E-state index contributed by atoms with van der Waals surface area (Å²) in [7, 11) is -3.89. The molecule has 0 aliphatic carbocycles. The van der Waals surface area contributed by atoms with E-state index in [2.05, 4.69) is 4.98 Å². The van der Waals surface area contributed by atoms with Gasteiger partial charge in [0.25, 0.3) is 5.56 Å². The average Bonchev–Trinajstić information content (AvgIpc) is 3.36. The molecule has 3 heterocycles. The monoisotopic (exact) mass is 635 g/mol. The number of carbonyl (C=O) groups excluding carboxylic acids is 1. The van der Waals surface area contributed by atoms with E-state index in [9.17, 15) is 22.4 Å². The van der Waals surface area contributed by atoms with Gasteiger partial charge in [0.1, 0.15) is 23.7 Å². The van der Waals surface area contributed by atoms with E-state index < -0.39 is 22.9 Å². The van der Waals surface area contributed by atoms with Crippen LogP contribution in [0.1, 0.15) is 46.1 Å². The van der Waals surface area contributed by atoms with E-state index >= 15 is 0 Å². The number of sulfonamides is 1. The summed E-state index contributed by atoms with van der Waals surface area (Å²) in [5.74, 6) is 0.580. The van der Waals surface area contributed by atoms with Crippen LogP contribution < -0.4 is 10.3 Å². The number of H-pyrrole nitrogens is 1. The van der Waals surface area contributed by atoms with Crippen LogP contribution in [0.15, 0.2) is 34.1 Å². The number of carbonyl (C=O) groups is 1. The smallest absolute Gasteiger partial charge is 0.493 e. The molecule has 0 saturated carbocycles. The Hall–Kier alpha value is -3.49. The lowest BCUT2D eigenvalue weighted by molar-refractivity contribution is 0.0271. The van der Waals surface area contributed by atoms with E-state index in [1.165, 1.54) is 16.4 Å². The molecule has 1 aromatic carbocycles. The summed E-state index contributed by atoms with van der Waals surface area (Å²) in [5, 5.41) is 0. The molecule has 0 unspecified atom stereocenters. The number of hydrogen-bond acceptors (Lipinski definition) is 9. The number of alkyl halides is 1. The number of aromatic nitrogens is 3. The number of ether oxygens (including phenoxy) is 3. The van der Waals surface area contributed by atoms with Crippen LogP contribution in [-0.4, -0.2) is 97.0 Å². The third kappa shape index (κ3) is 7.77. The van der Waals surface area contributed by atoms with Crippen LogP contribution in [0.3, 0.4) is 0 Å². The summed E-state index contributed by atoms with van der Waals surface area (Å²) in [6, 6.07) is 4.58. The first-order valence-electron chi connectivity index (χ1n) is 15.1. The molecule has 2 aromatic heterocycles. The molecule has 1 N–H and O–H groups in total. The van der Waals surface area contributed by atoms with Crippen LogP contribution in [0.2, 0.25) is 0 Å². The fourth-order valence-corrected chi connectivity index (χ4v) is 6.56. The van der Waals surface area contributed by atoms with E-state index in [-0.39, 0.29) is 42.1 Å². The van der Waals surface area contributed by atoms with Crippen molar-refractivity contribution in [1.82, 2.24) is 23.7 Å². The molecule has 1 aliphatic heterocycles. The number of aromatic amines is 1. The molecule has 0 amide bonds. The number of rotatable bonds is 14. The van der Waals surface area contributed by atoms with Crippen molar-refractivity contribution in [2.24, 2.45) is 0 Å². The van der Waals surface area contributed by atoms with Crippen LogP contribution in [0.25, 0.3) is 22.4 Å². The molecular formula is C30H42FN5O7S. The SMILES string of the molecule is CCCOc1ccc(S(=O)(=O)N2CCN(CCOC(=O)OC(C)C)CC2)cc1-c1nc2c(CCCF)cn(CC)c2c(=O)[nH]1. The first kappa shape index (κ1) is 33.4. The van der Waals surface area contributed by atoms with Crippen molar-refractivity contribution in [1.29, 1.82) is 0 Å². The highest BCUT2D eigenvalue weighted by molar-refractivity contribution is 7.89. The summed E-state index contributed by atoms with van der Waals surface area (Å²) in [4.78, 5) is 34.6. The minimum absolute atomic E-state index is 0.0519. The summed E-state index contributed by atoms with van der Waals surface area (Å²) in [6.45, 7) is 9.84. The molecule has 1 aliphatic rings. The van der Waals surface area contributed by atoms with Crippen molar-refractivity contribution >= 4 is 27.2 Å². The van der Waals surface area contributed by atoms with Gasteiger partial charge in [-0.25, -0.2) is 18.2 Å². The molecule has 14 heteroatoms. The number of hydrogen-bond donors (Lipinski definition) is 1. The molecule has 44 heavy (non-hydrogen) atoms. The van der Waals surface area contributed by atoms with Crippen molar-refractivity contribution in [3.63, 3.8) is 0 Å². The van der Waals surface area contributed by atoms with Crippen molar-refractivity contribution in [3.8, 4) is 17.1 Å². The van der Waals surface area contributed by atoms with E-state index in [0.717, 1.165) is 12.0 Å². The van der Waals surface area contributed by atoms with E-state index in [1.807, 2.05) is 24.9 Å². The summed E-state index contributed by atoms with van der Waals surface area (Å²) >= 11 is 0. The second kappa shape index (κ2) is 15.0. The molecule has 0 radical (unpaired) electrons. The van der Waals surface area contributed by atoms with Crippen LogP contribution in [0, 0.1) is 0 Å². The Balaban J connectivity index is 1.59. The number of piperazine rings is 1. The molecule has 3 aromatic rings. The Morgan fingerprint density at radius 2 is 1.89 bits per heavy atom. The minimum Gasteiger partial charge on any atom is -0.493 e. The zero-order valence-corrected chi connectivity index (χ0v) is 26.6. The molecule has 0 bridgehead atoms. The Morgan fingerprint density at radius 3 is 2.55 bits per heavy atom. The fraction of sp³-hybridized carbons (Fsp3) is 0.567. The second-order valence-corrected chi connectivity index (χ2v) is 12.8. The standard InChI is InChI=1S/C30H42FN5O7S/c1-5-17-41-25-10-9-23(44(39,40)36-14-12-34(13-15-36)16-18-42-30(38)43-21(3)4)19-24(25)28-32-26-22(8-7-11-31)20-35(6-2)27(26)29(37)33-28/h9-10,19-21H,5-8,11-18H2,1-4H3,(H,32,33,37). The highest BCUT2D eigenvalue weighted by Gasteiger charge is 2.30. The Morgan fingerprint density at radius 1 is 1.14 bits per heavy atom. The summed E-state index contributed by atoms with van der Waals surface area (Å²) in [5.41, 5.74) is 1.59. The number of benzene rings is 1. The van der Waals surface area contributed by atoms with E-state index in [1.54, 1.807) is 24.5 Å². The predicted molar refractivity (Wildman–Crippen MR) is 164 cm³/mol. The van der Waals surface area contributed by atoms with Gasteiger partial charge >= 0.3 is 6.16 Å². The summed E-state index contributed by atoms with van der Waals surface area (Å²) < 4.78 is 59.7. The minimum atomic E-state index is -3.89. The van der Waals surface area contributed by atoms with Gasteiger partial charge in [-0.15, -0.1) is 0 Å². The average molecular weight is 636 g/mol. The third-order valence-corrected chi connectivity index (χ3v) is 9.21. The van der Waals surface area contributed by atoms with Gasteiger partial charge in [0, 0.05) is 45.5 Å². The Labute approximate surface area is 257 Å². The molecule has 0 spiro atoms. The number of fused-ring (bicyclic) bond motifs is 1. The zero-order chi connectivity index (χ0) is 31.9. The van der Waals surface area contributed by atoms with Gasteiger partial charge in [0.2, 0.25) is 10.0 Å². The van der Waals surface area contributed by atoms with Gasteiger partial charge in [0.15, 0.2) is 0 Å². The van der Waals surface area contributed by atoms with Crippen molar-refractivity contribution in [2.45, 2.75) is 64.5 Å². The third-order valence-electron chi connectivity index (χ3n) is 7.31. The second-order valence-electron chi connectivity index (χ2n) is 10.9. The highest BCUT2D eigenvalue weighted by atomic mass is 32.2. The fourth-order valence-electron chi connectivity index (χ4n) is 5.11. The van der Waals surface area contributed by atoms with Gasteiger partial charge in [-0.2, -0.15) is 4.31 Å². The highest BCUT2D eigenvalue weighted by Crippen LogP contribution is 2.33. The molecule has 1 fully saturated rings. The number of nitrogens with zero attached hydrogens (tertiary/aromatic N) is 4. The van der Waals surface area contributed by atoms with E-state index in [0.29, 0.717) is 68.0 Å². The van der Waals surface area contributed by atoms with Gasteiger partial charge < -0.3 is 23.8 Å². The molecular weight excluding hydrogens is 593 g/mol. The number of halogens is 1. The topological polar surface area (TPSA) is 136 Å². The molecule has 0 atom stereocenters. The van der Waals surface area contributed by atoms with Gasteiger partial charge in [-0.1, -0.05) is 6.92 Å². The van der Waals surface area contributed by atoms with E-state index in [4.69, 9.17) is 19.2 Å². The zero-order valence-electron chi connectivity index (χ0n) is 25.8. The Kier molecular flexibility index (Phi) is 11.4. The number of nitrogens with one attached hydrogen (secondary N) is 1. The summed E-state index contributed by atoms with van der Waals surface area (Å²) in [6.07, 6.45) is 2.28. The van der Waals surface area contributed by atoms with Crippen molar-refractivity contribution < 1.29 is 31.8 Å². The molecule has 1 saturated heterocycles. The maximum Gasteiger partial charge on any atom is 0.508 e. The largest absolute Gasteiger partial charge is 0.508 e. The van der Waals surface area contributed by atoms with Crippen molar-refractivity contribution in [2.75, 3.05) is 52.6 Å². The van der Waals surface area contributed by atoms with Crippen molar-refractivity contribution in [3.05, 3.63) is 40.3 Å². The van der Waals surface area contributed by atoms with Crippen LogP contribution >= 0.6 is 0 Å². The van der Waals surface area contributed by atoms with Crippen LogP contribution in [0.5, 0.6) is 5.75 Å². The maximum atomic E-state index is 13.8. The lowest BCUT2D eigenvalue weighted by Gasteiger charge is -2.33. The van der Waals surface area contributed by atoms with Gasteiger partial charge in [-0.05, 0) is 63.8 Å².